The van der Waals surface area contributed by atoms with Gasteiger partial charge < -0.3 is 19.1 Å². The molecular formula is C19H24N2O4. The van der Waals surface area contributed by atoms with E-state index in [1.807, 2.05) is 4.90 Å². The SMILES string of the molecule is COC(=O)N1CCCC2CN3CCc4cc5c(cc4C3CC21)OCO5. The van der Waals surface area contributed by atoms with Gasteiger partial charge in [0, 0.05) is 31.7 Å². The summed E-state index contributed by atoms with van der Waals surface area (Å²) in [7, 11) is 1.48. The number of hydrogen-bond donors (Lipinski definition) is 0. The van der Waals surface area contributed by atoms with E-state index in [4.69, 9.17) is 14.2 Å². The molecule has 0 N–H and O–H groups in total. The van der Waals surface area contributed by atoms with Crippen molar-refractivity contribution in [3.05, 3.63) is 23.3 Å². The van der Waals surface area contributed by atoms with Gasteiger partial charge in [0.25, 0.3) is 0 Å². The first-order chi connectivity index (χ1) is 12.2. The summed E-state index contributed by atoms with van der Waals surface area (Å²) in [4.78, 5) is 16.8. The van der Waals surface area contributed by atoms with E-state index in [1.54, 1.807) is 0 Å². The minimum Gasteiger partial charge on any atom is -0.454 e. The van der Waals surface area contributed by atoms with Crippen molar-refractivity contribution in [2.24, 2.45) is 5.92 Å². The highest BCUT2D eigenvalue weighted by atomic mass is 16.7. The lowest BCUT2D eigenvalue weighted by atomic mass is 9.76. The molecule has 3 unspecified atom stereocenters. The molecule has 0 saturated carbocycles. The summed E-state index contributed by atoms with van der Waals surface area (Å²) < 4.78 is 16.2. The van der Waals surface area contributed by atoms with Crippen LogP contribution in [0.15, 0.2) is 12.1 Å². The molecule has 2 fully saturated rings. The van der Waals surface area contributed by atoms with Crippen LogP contribution in [-0.4, -0.2) is 55.5 Å². The third kappa shape index (κ3) is 2.38. The molecule has 1 aromatic carbocycles. The number of hydrogen-bond acceptors (Lipinski definition) is 5. The van der Waals surface area contributed by atoms with Crippen LogP contribution in [0.4, 0.5) is 4.79 Å². The Labute approximate surface area is 147 Å². The summed E-state index contributed by atoms with van der Waals surface area (Å²) in [6.07, 6.45) is 4.14. The van der Waals surface area contributed by atoms with E-state index in [-0.39, 0.29) is 12.1 Å². The number of benzene rings is 1. The van der Waals surface area contributed by atoms with Crippen molar-refractivity contribution < 1.29 is 19.0 Å². The zero-order valence-electron chi connectivity index (χ0n) is 14.6. The van der Waals surface area contributed by atoms with Crippen molar-refractivity contribution in [3.8, 4) is 11.5 Å². The molecule has 5 rings (SSSR count). The van der Waals surface area contributed by atoms with Gasteiger partial charge in [-0.2, -0.15) is 0 Å². The van der Waals surface area contributed by atoms with Crippen molar-refractivity contribution in [3.63, 3.8) is 0 Å². The average Bonchev–Trinajstić information content (AvgIpc) is 3.11. The molecule has 25 heavy (non-hydrogen) atoms. The highest BCUT2D eigenvalue weighted by Gasteiger charge is 2.44. The van der Waals surface area contributed by atoms with Gasteiger partial charge in [-0.25, -0.2) is 4.79 Å². The van der Waals surface area contributed by atoms with Gasteiger partial charge in [0.1, 0.15) is 0 Å². The Kier molecular flexibility index (Phi) is 3.55. The largest absolute Gasteiger partial charge is 0.454 e. The monoisotopic (exact) mass is 344 g/mol. The first-order valence-electron chi connectivity index (χ1n) is 9.25. The van der Waals surface area contributed by atoms with Crippen LogP contribution < -0.4 is 9.47 Å². The number of rotatable bonds is 0. The Bertz CT molecular complexity index is 707. The van der Waals surface area contributed by atoms with E-state index < -0.39 is 0 Å². The maximum absolute atomic E-state index is 12.2. The van der Waals surface area contributed by atoms with Crippen LogP contribution in [0.1, 0.15) is 36.4 Å². The number of carbonyl (C=O) groups is 1. The van der Waals surface area contributed by atoms with Gasteiger partial charge in [0.2, 0.25) is 6.79 Å². The minimum atomic E-state index is -0.176. The molecule has 0 spiro atoms. The summed E-state index contributed by atoms with van der Waals surface area (Å²) in [5.41, 5.74) is 2.72. The third-order valence-electron chi connectivity index (χ3n) is 6.36. The van der Waals surface area contributed by atoms with Crippen molar-refractivity contribution in [2.45, 2.75) is 37.8 Å². The number of carbonyl (C=O) groups excluding carboxylic acids is 1. The fourth-order valence-corrected chi connectivity index (χ4v) is 5.18. The second-order valence-electron chi connectivity index (χ2n) is 7.53. The predicted molar refractivity (Wildman–Crippen MR) is 90.8 cm³/mol. The highest BCUT2D eigenvalue weighted by molar-refractivity contribution is 5.68. The Morgan fingerprint density at radius 3 is 2.92 bits per heavy atom. The molecule has 6 heteroatoms. The molecule has 1 aromatic rings. The number of nitrogens with zero attached hydrogens (tertiary/aromatic N) is 2. The van der Waals surface area contributed by atoms with Crippen LogP contribution in [0.25, 0.3) is 0 Å². The molecule has 0 bridgehead atoms. The van der Waals surface area contributed by atoms with Crippen LogP contribution in [0, 0.1) is 5.92 Å². The molecular weight excluding hydrogens is 320 g/mol. The van der Waals surface area contributed by atoms with E-state index >= 15 is 0 Å². The fraction of sp³-hybridized carbons (Fsp3) is 0.632. The lowest BCUT2D eigenvalue weighted by molar-refractivity contribution is -0.00844. The Balaban J connectivity index is 1.48. The van der Waals surface area contributed by atoms with Gasteiger partial charge in [-0.1, -0.05) is 0 Å². The Morgan fingerprint density at radius 1 is 1.24 bits per heavy atom. The van der Waals surface area contributed by atoms with E-state index in [9.17, 15) is 4.79 Å². The maximum Gasteiger partial charge on any atom is 0.409 e. The summed E-state index contributed by atoms with van der Waals surface area (Å²) in [6, 6.07) is 4.95. The number of likely N-dealkylation sites (tertiary alicyclic amines) is 1. The molecule has 1 amide bonds. The van der Waals surface area contributed by atoms with E-state index in [0.29, 0.717) is 18.8 Å². The molecule has 0 radical (unpaired) electrons. The first-order valence-corrected chi connectivity index (χ1v) is 9.25. The standard InChI is InChI=1S/C19H24N2O4/c1-23-19(22)21-5-2-3-13-10-20-6-4-12-7-17-18(25-11-24-17)8-14(12)16(20)9-15(13)21/h7-8,13,15-16H,2-6,9-11H2,1H3. The summed E-state index contributed by atoms with van der Waals surface area (Å²) in [5.74, 6) is 2.28. The van der Waals surface area contributed by atoms with Gasteiger partial charge >= 0.3 is 6.09 Å². The van der Waals surface area contributed by atoms with Crippen molar-refractivity contribution in [2.75, 3.05) is 33.5 Å². The van der Waals surface area contributed by atoms with Crippen LogP contribution in [0.5, 0.6) is 11.5 Å². The summed E-state index contributed by atoms with van der Waals surface area (Å²) in [5, 5.41) is 0. The van der Waals surface area contributed by atoms with E-state index in [0.717, 1.165) is 50.4 Å². The second-order valence-corrected chi connectivity index (χ2v) is 7.53. The maximum atomic E-state index is 12.2. The van der Waals surface area contributed by atoms with Crippen LogP contribution in [0.2, 0.25) is 0 Å². The number of ether oxygens (including phenoxy) is 3. The van der Waals surface area contributed by atoms with Crippen LogP contribution in [-0.2, 0) is 11.2 Å². The molecule has 0 aromatic heterocycles. The summed E-state index contributed by atoms with van der Waals surface area (Å²) >= 11 is 0. The highest BCUT2D eigenvalue weighted by Crippen LogP contribution is 2.46. The minimum absolute atomic E-state index is 0.176. The van der Waals surface area contributed by atoms with Gasteiger partial charge in [0.05, 0.1) is 7.11 Å². The van der Waals surface area contributed by atoms with Crippen molar-refractivity contribution in [1.29, 1.82) is 0 Å². The van der Waals surface area contributed by atoms with Gasteiger partial charge in [-0.05, 0) is 54.9 Å². The molecule has 4 aliphatic heterocycles. The molecule has 134 valence electrons. The normalized spacial score (nSPS) is 30.3. The molecule has 0 aliphatic carbocycles. The van der Waals surface area contributed by atoms with Gasteiger partial charge in [-0.3, -0.25) is 4.90 Å². The predicted octanol–water partition coefficient (Wildman–Crippen LogP) is 2.57. The summed E-state index contributed by atoms with van der Waals surface area (Å²) in [6.45, 7) is 3.28. The molecule has 6 nitrogen and oxygen atoms in total. The Morgan fingerprint density at radius 2 is 2.08 bits per heavy atom. The zero-order valence-corrected chi connectivity index (χ0v) is 14.6. The van der Waals surface area contributed by atoms with Crippen molar-refractivity contribution in [1.82, 2.24) is 9.80 Å². The topological polar surface area (TPSA) is 51.2 Å². The fourth-order valence-electron chi connectivity index (χ4n) is 5.18. The quantitative estimate of drug-likeness (QED) is 0.724. The first kappa shape index (κ1) is 15.3. The Hall–Kier alpha value is -1.95. The van der Waals surface area contributed by atoms with E-state index in [2.05, 4.69) is 17.0 Å². The number of piperidine rings is 2. The third-order valence-corrected chi connectivity index (χ3v) is 6.36. The smallest absolute Gasteiger partial charge is 0.409 e. The number of amides is 1. The number of fused-ring (bicyclic) bond motifs is 5. The van der Waals surface area contributed by atoms with E-state index in [1.165, 1.54) is 24.7 Å². The lowest BCUT2D eigenvalue weighted by Gasteiger charge is -2.51. The van der Waals surface area contributed by atoms with Crippen LogP contribution >= 0.6 is 0 Å². The average molecular weight is 344 g/mol. The lowest BCUT2D eigenvalue weighted by Crippen LogP contribution is -2.57. The molecule has 2 saturated heterocycles. The number of methoxy groups -OCH3 is 1. The molecule has 3 atom stereocenters. The second kappa shape index (κ2) is 5.80. The van der Waals surface area contributed by atoms with Crippen LogP contribution in [0.3, 0.4) is 0 Å². The zero-order chi connectivity index (χ0) is 17.0. The van der Waals surface area contributed by atoms with Gasteiger partial charge in [0.15, 0.2) is 11.5 Å². The van der Waals surface area contributed by atoms with Gasteiger partial charge in [-0.15, -0.1) is 0 Å². The molecule has 4 heterocycles. The molecule has 4 aliphatic rings. The van der Waals surface area contributed by atoms with Crippen molar-refractivity contribution >= 4 is 6.09 Å².